The first-order valence-corrected chi connectivity index (χ1v) is 8.69. The third-order valence-corrected chi connectivity index (χ3v) is 4.33. The lowest BCUT2D eigenvalue weighted by Gasteiger charge is -2.27. The Morgan fingerprint density at radius 2 is 1.92 bits per heavy atom. The van der Waals surface area contributed by atoms with Gasteiger partial charge in [0.15, 0.2) is 0 Å². The summed E-state index contributed by atoms with van der Waals surface area (Å²) in [5.41, 5.74) is 0.314. The highest BCUT2D eigenvalue weighted by Crippen LogP contribution is 2.21. The normalized spacial score (nSPS) is 15.0. The van der Waals surface area contributed by atoms with Crippen LogP contribution in [-0.2, 0) is 9.53 Å². The number of hydrogen-bond acceptors (Lipinski definition) is 4. The molecule has 2 amide bonds. The molecule has 0 bridgehead atoms. The maximum atomic E-state index is 12.8. The lowest BCUT2D eigenvalue weighted by atomic mass is 10.2. The number of furan rings is 1. The van der Waals surface area contributed by atoms with Crippen molar-refractivity contribution in [2.24, 2.45) is 0 Å². The second kappa shape index (κ2) is 8.40. The maximum Gasteiger partial charge on any atom is 0.270 e. The first kappa shape index (κ1) is 18.5. The van der Waals surface area contributed by atoms with E-state index >= 15 is 0 Å². The zero-order valence-corrected chi connectivity index (χ0v) is 15.2. The van der Waals surface area contributed by atoms with Crippen molar-refractivity contribution >= 4 is 41.1 Å². The lowest BCUT2D eigenvalue weighted by Crippen LogP contribution is -2.44. The van der Waals surface area contributed by atoms with E-state index in [9.17, 15) is 9.59 Å². The summed E-state index contributed by atoms with van der Waals surface area (Å²) in [5.74, 6) is -0.377. The number of nitrogens with zero attached hydrogens (tertiary/aromatic N) is 1. The van der Waals surface area contributed by atoms with Gasteiger partial charge in [-0.1, -0.05) is 23.2 Å². The van der Waals surface area contributed by atoms with E-state index in [0.717, 1.165) is 0 Å². The molecule has 0 unspecified atom stereocenters. The summed E-state index contributed by atoms with van der Waals surface area (Å²) in [5, 5.41) is 3.25. The van der Waals surface area contributed by atoms with Gasteiger partial charge in [0.05, 0.1) is 30.1 Å². The van der Waals surface area contributed by atoms with Gasteiger partial charge in [-0.25, -0.2) is 0 Å². The van der Waals surface area contributed by atoms with Gasteiger partial charge < -0.3 is 19.4 Å². The van der Waals surface area contributed by atoms with Gasteiger partial charge in [0.25, 0.3) is 11.8 Å². The number of nitrogens with one attached hydrogen (secondary N) is 1. The molecule has 1 N–H and O–H groups in total. The van der Waals surface area contributed by atoms with Crippen molar-refractivity contribution in [1.82, 2.24) is 10.2 Å². The van der Waals surface area contributed by atoms with Crippen LogP contribution >= 0.6 is 23.2 Å². The zero-order chi connectivity index (χ0) is 18.5. The molecule has 6 nitrogen and oxygen atoms in total. The Balaban J connectivity index is 1.85. The fourth-order valence-corrected chi connectivity index (χ4v) is 2.96. The Bertz CT molecular complexity index is 828. The lowest BCUT2D eigenvalue weighted by molar-refractivity contribution is -0.131. The highest BCUT2D eigenvalue weighted by molar-refractivity contribution is 6.36. The zero-order valence-electron chi connectivity index (χ0n) is 13.7. The van der Waals surface area contributed by atoms with Crippen LogP contribution in [0.25, 0.3) is 6.08 Å². The second-order valence-electron chi connectivity index (χ2n) is 5.56. The van der Waals surface area contributed by atoms with Crippen molar-refractivity contribution in [2.45, 2.75) is 0 Å². The van der Waals surface area contributed by atoms with E-state index < -0.39 is 5.91 Å². The predicted molar refractivity (Wildman–Crippen MR) is 98.0 cm³/mol. The summed E-state index contributed by atoms with van der Waals surface area (Å²) >= 11 is 11.9. The molecule has 2 aromatic rings. The average molecular weight is 395 g/mol. The monoisotopic (exact) mass is 394 g/mol. The van der Waals surface area contributed by atoms with Crippen molar-refractivity contribution in [3.05, 3.63) is 63.7 Å². The Morgan fingerprint density at radius 1 is 1.15 bits per heavy atom. The fourth-order valence-electron chi connectivity index (χ4n) is 2.47. The van der Waals surface area contributed by atoms with Gasteiger partial charge in [-0.2, -0.15) is 0 Å². The molecule has 1 saturated heterocycles. The number of halogens is 2. The smallest absolute Gasteiger partial charge is 0.270 e. The van der Waals surface area contributed by atoms with Gasteiger partial charge in [0.1, 0.15) is 11.5 Å². The molecule has 1 aliphatic heterocycles. The van der Waals surface area contributed by atoms with Crippen LogP contribution in [0.5, 0.6) is 0 Å². The summed E-state index contributed by atoms with van der Waals surface area (Å²) in [4.78, 5) is 27.0. The molecule has 1 fully saturated rings. The molecule has 136 valence electrons. The van der Waals surface area contributed by atoms with E-state index in [1.54, 1.807) is 23.1 Å². The Morgan fingerprint density at radius 3 is 2.58 bits per heavy atom. The highest BCUT2D eigenvalue weighted by atomic mass is 35.5. The van der Waals surface area contributed by atoms with Gasteiger partial charge in [0, 0.05) is 24.2 Å². The molecule has 8 heteroatoms. The summed E-state index contributed by atoms with van der Waals surface area (Å²) in [6.07, 6.45) is 2.97. The SMILES string of the molecule is O=C(NC(=Cc1ccco1)C(=O)N1CCOCC1)c1ccc(Cl)cc1Cl. The molecule has 0 saturated carbocycles. The van der Waals surface area contributed by atoms with Crippen molar-refractivity contribution in [3.8, 4) is 0 Å². The molecule has 3 rings (SSSR count). The number of carbonyl (C=O) groups excluding carboxylic acids is 2. The van der Waals surface area contributed by atoms with Crippen LogP contribution in [0.4, 0.5) is 0 Å². The van der Waals surface area contributed by atoms with Gasteiger partial charge in [-0.05, 0) is 30.3 Å². The molecule has 0 atom stereocenters. The first-order chi connectivity index (χ1) is 12.5. The Labute approximate surface area is 160 Å². The molecule has 0 spiro atoms. The third-order valence-electron chi connectivity index (χ3n) is 3.78. The maximum absolute atomic E-state index is 12.8. The summed E-state index contributed by atoms with van der Waals surface area (Å²) in [6.45, 7) is 1.81. The van der Waals surface area contributed by atoms with E-state index in [0.29, 0.717) is 37.1 Å². The number of amides is 2. The van der Waals surface area contributed by atoms with E-state index in [-0.39, 0.29) is 22.2 Å². The van der Waals surface area contributed by atoms with Gasteiger partial charge in [-0.3, -0.25) is 9.59 Å². The summed E-state index contributed by atoms with van der Waals surface area (Å²) in [6, 6.07) is 7.91. The third kappa shape index (κ3) is 4.46. The van der Waals surface area contributed by atoms with Crippen LogP contribution < -0.4 is 5.32 Å². The highest BCUT2D eigenvalue weighted by Gasteiger charge is 2.23. The van der Waals surface area contributed by atoms with Crippen LogP contribution in [0, 0.1) is 0 Å². The van der Waals surface area contributed by atoms with Gasteiger partial charge >= 0.3 is 0 Å². The number of morpholine rings is 1. The second-order valence-corrected chi connectivity index (χ2v) is 6.40. The Kier molecular flexibility index (Phi) is 5.98. The van der Waals surface area contributed by atoms with Crippen molar-refractivity contribution in [1.29, 1.82) is 0 Å². The minimum atomic E-state index is -0.508. The van der Waals surface area contributed by atoms with Crippen molar-refractivity contribution in [3.63, 3.8) is 0 Å². The van der Waals surface area contributed by atoms with Crippen LogP contribution in [-0.4, -0.2) is 43.0 Å². The van der Waals surface area contributed by atoms with Gasteiger partial charge in [0.2, 0.25) is 0 Å². The van der Waals surface area contributed by atoms with Crippen LogP contribution in [0.3, 0.4) is 0 Å². The largest absolute Gasteiger partial charge is 0.465 e. The van der Waals surface area contributed by atoms with Crippen LogP contribution in [0.1, 0.15) is 16.1 Å². The molecule has 1 aromatic heterocycles. The molecular formula is C18H16Cl2N2O4. The predicted octanol–water partition coefficient (Wildman–Crippen LogP) is 3.22. The molecule has 26 heavy (non-hydrogen) atoms. The summed E-state index contributed by atoms with van der Waals surface area (Å²) in [7, 11) is 0. The number of hydrogen-bond donors (Lipinski definition) is 1. The number of ether oxygens (including phenoxy) is 1. The molecule has 1 aliphatic rings. The first-order valence-electron chi connectivity index (χ1n) is 7.93. The quantitative estimate of drug-likeness (QED) is 0.808. The van der Waals surface area contributed by atoms with E-state index in [2.05, 4.69) is 5.32 Å². The number of carbonyl (C=O) groups is 2. The van der Waals surface area contributed by atoms with E-state index in [1.807, 2.05) is 0 Å². The number of benzene rings is 1. The topological polar surface area (TPSA) is 71.8 Å². The average Bonchev–Trinajstić information content (AvgIpc) is 3.14. The van der Waals surface area contributed by atoms with Gasteiger partial charge in [-0.15, -0.1) is 0 Å². The van der Waals surface area contributed by atoms with Crippen LogP contribution in [0.2, 0.25) is 10.0 Å². The van der Waals surface area contributed by atoms with Crippen molar-refractivity contribution < 1.29 is 18.7 Å². The van der Waals surface area contributed by atoms with Crippen molar-refractivity contribution in [2.75, 3.05) is 26.3 Å². The molecule has 0 aliphatic carbocycles. The standard InChI is InChI=1S/C18H16Cl2N2O4/c19-12-3-4-14(15(20)10-12)17(23)21-16(11-13-2-1-7-26-13)18(24)22-5-8-25-9-6-22/h1-4,7,10-11H,5-6,8-9H2,(H,21,23). The molecule has 1 aromatic carbocycles. The summed E-state index contributed by atoms with van der Waals surface area (Å²) < 4.78 is 10.5. The van der Waals surface area contributed by atoms with E-state index in [1.165, 1.54) is 24.5 Å². The minimum absolute atomic E-state index is 0.0952. The van der Waals surface area contributed by atoms with Crippen LogP contribution in [0.15, 0.2) is 46.7 Å². The molecule has 0 radical (unpaired) electrons. The fraction of sp³-hybridized carbons (Fsp3) is 0.222. The Hall–Kier alpha value is -2.28. The molecule has 2 heterocycles. The minimum Gasteiger partial charge on any atom is -0.465 e. The molecular weight excluding hydrogens is 379 g/mol. The number of rotatable bonds is 4. The van der Waals surface area contributed by atoms with E-state index in [4.69, 9.17) is 32.4 Å².